The first-order valence-electron chi connectivity index (χ1n) is 10.2. The summed E-state index contributed by atoms with van der Waals surface area (Å²) in [5.74, 6) is -1.36. The van der Waals surface area contributed by atoms with Gasteiger partial charge >= 0.3 is 0 Å². The van der Waals surface area contributed by atoms with E-state index in [1.54, 1.807) is 29.6 Å². The molecule has 0 aliphatic rings. The number of hydrogen-bond acceptors (Lipinski definition) is 6. The Morgan fingerprint density at radius 2 is 1.59 bits per heavy atom. The third kappa shape index (κ3) is 6.56. The molecule has 2 aromatic heterocycles. The van der Waals surface area contributed by atoms with E-state index in [0.29, 0.717) is 27.8 Å². The fourth-order valence-corrected chi connectivity index (χ4v) is 4.49. The number of nitrogens with zero attached hydrogens (tertiary/aromatic N) is 1. The van der Waals surface area contributed by atoms with Crippen LogP contribution in [0.1, 0.15) is 20.9 Å². The number of aromatic nitrogens is 1. The van der Waals surface area contributed by atoms with Crippen LogP contribution in [0.5, 0.6) is 0 Å². The van der Waals surface area contributed by atoms with Crippen LogP contribution in [0, 0.1) is 5.82 Å². The van der Waals surface area contributed by atoms with Crippen molar-refractivity contribution in [1.82, 2.24) is 4.98 Å². The molecule has 4 rings (SSSR count). The van der Waals surface area contributed by atoms with Crippen LogP contribution in [-0.2, 0) is 22.4 Å². The number of thiazole rings is 1. The van der Waals surface area contributed by atoms with Crippen LogP contribution in [0.15, 0.2) is 71.4 Å². The van der Waals surface area contributed by atoms with Crippen molar-refractivity contribution in [3.8, 4) is 0 Å². The van der Waals surface area contributed by atoms with Crippen molar-refractivity contribution in [2.75, 3.05) is 16.0 Å². The number of anilines is 3. The Bertz CT molecular complexity index is 1320. The van der Waals surface area contributed by atoms with Gasteiger partial charge in [-0.15, -0.1) is 22.7 Å². The second-order valence-corrected chi connectivity index (χ2v) is 9.11. The minimum absolute atomic E-state index is 0.0109. The predicted octanol–water partition coefficient (Wildman–Crippen LogP) is 4.96. The number of benzene rings is 2. The van der Waals surface area contributed by atoms with Crippen LogP contribution in [0.4, 0.5) is 20.9 Å². The molecule has 0 radical (unpaired) electrons. The molecule has 0 saturated carbocycles. The van der Waals surface area contributed by atoms with Crippen LogP contribution in [0.2, 0.25) is 0 Å². The molecule has 10 heteroatoms. The van der Waals surface area contributed by atoms with Crippen LogP contribution < -0.4 is 16.0 Å². The lowest BCUT2D eigenvalue weighted by atomic mass is 10.1. The summed E-state index contributed by atoms with van der Waals surface area (Å²) in [5, 5.41) is 12.2. The summed E-state index contributed by atoms with van der Waals surface area (Å²) in [6.45, 7) is 0. The van der Waals surface area contributed by atoms with Crippen LogP contribution >= 0.6 is 22.7 Å². The van der Waals surface area contributed by atoms with E-state index in [2.05, 4.69) is 20.9 Å². The molecule has 2 heterocycles. The first-order chi connectivity index (χ1) is 16.4. The van der Waals surface area contributed by atoms with Gasteiger partial charge in [-0.25, -0.2) is 9.37 Å². The third-order valence-corrected chi connectivity index (χ3v) is 6.23. The molecule has 0 aliphatic heterocycles. The zero-order valence-corrected chi connectivity index (χ0v) is 19.3. The Hall–Kier alpha value is -3.89. The number of thiophene rings is 1. The van der Waals surface area contributed by atoms with Gasteiger partial charge in [-0.3, -0.25) is 14.4 Å². The van der Waals surface area contributed by atoms with E-state index in [1.165, 1.54) is 46.9 Å². The maximum Gasteiger partial charge on any atom is 0.255 e. The summed E-state index contributed by atoms with van der Waals surface area (Å²) in [6.07, 6.45) is 0.285. The number of rotatable bonds is 8. The van der Waals surface area contributed by atoms with Gasteiger partial charge in [-0.1, -0.05) is 18.2 Å². The fraction of sp³-hybridized carbons (Fsp3) is 0.0833. The smallest absolute Gasteiger partial charge is 0.255 e. The minimum atomic E-state index is -0.453. The second kappa shape index (κ2) is 10.8. The lowest BCUT2D eigenvalue weighted by Gasteiger charge is -2.08. The highest BCUT2D eigenvalue weighted by Crippen LogP contribution is 2.19. The van der Waals surface area contributed by atoms with E-state index < -0.39 is 11.7 Å². The number of carbonyl (C=O) groups is 3. The van der Waals surface area contributed by atoms with Crippen molar-refractivity contribution in [2.24, 2.45) is 0 Å². The van der Waals surface area contributed by atoms with Gasteiger partial charge < -0.3 is 16.0 Å². The van der Waals surface area contributed by atoms with E-state index in [1.807, 2.05) is 17.5 Å². The van der Waals surface area contributed by atoms with E-state index >= 15 is 0 Å². The van der Waals surface area contributed by atoms with Crippen molar-refractivity contribution in [1.29, 1.82) is 0 Å². The lowest BCUT2D eigenvalue weighted by Crippen LogP contribution is -2.16. The first kappa shape index (κ1) is 23.3. The Morgan fingerprint density at radius 3 is 2.35 bits per heavy atom. The molecule has 0 unspecified atom stereocenters. The molecule has 0 atom stereocenters. The van der Waals surface area contributed by atoms with Gasteiger partial charge in [-0.2, -0.15) is 0 Å². The fourth-order valence-electron chi connectivity index (χ4n) is 3.06. The molecule has 7 nitrogen and oxygen atoms in total. The lowest BCUT2D eigenvalue weighted by molar-refractivity contribution is -0.116. The third-order valence-electron chi connectivity index (χ3n) is 4.55. The Labute approximate surface area is 202 Å². The zero-order valence-electron chi connectivity index (χ0n) is 17.7. The highest BCUT2D eigenvalue weighted by molar-refractivity contribution is 7.14. The molecule has 0 saturated heterocycles. The van der Waals surface area contributed by atoms with Crippen molar-refractivity contribution in [3.05, 3.63) is 93.4 Å². The van der Waals surface area contributed by atoms with Crippen LogP contribution in [0.25, 0.3) is 0 Å². The summed E-state index contributed by atoms with van der Waals surface area (Å²) in [7, 11) is 0. The number of amides is 3. The number of hydrogen-bond donors (Lipinski definition) is 3. The quantitative estimate of drug-likeness (QED) is 0.322. The van der Waals surface area contributed by atoms with Crippen molar-refractivity contribution >= 4 is 56.9 Å². The van der Waals surface area contributed by atoms with E-state index in [0.717, 1.165) is 4.88 Å². The van der Waals surface area contributed by atoms with Crippen molar-refractivity contribution in [2.45, 2.75) is 12.8 Å². The molecule has 0 bridgehead atoms. The normalized spacial score (nSPS) is 10.5. The highest BCUT2D eigenvalue weighted by atomic mass is 32.1. The van der Waals surface area contributed by atoms with Gasteiger partial charge in [0.2, 0.25) is 11.8 Å². The number of halogens is 1. The zero-order chi connectivity index (χ0) is 23.9. The van der Waals surface area contributed by atoms with Crippen LogP contribution in [-0.4, -0.2) is 22.7 Å². The predicted molar refractivity (Wildman–Crippen MR) is 132 cm³/mol. The molecule has 0 fully saturated rings. The first-order valence-corrected chi connectivity index (χ1v) is 11.9. The average Bonchev–Trinajstić information content (AvgIpc) is 3.46. The Balaban J connectivity index is 1.31. The molecular weight excluding hydrogens is 475 g/mol. The molecule has 0 spiro atoms. The van der Waals surface area contributed by atoms with Gasteiger partial charge in [0.25, 0.3) is 5.91 Å². The van der Waals surface area contributed by atoms with E-state index in [4.69, 9.17) is 0 Å². The van der Waals surface area contributed by atoms with Gasteiger partial charge in [-0.05, 0) is 47.8 Å². The summed E-state index contributed by atoms with van der Waals surface area (Å²) in [5.41, 5.74) is 1.61. The molecule has 34 heavy (non-hydrogen) atoms. The van der Waals surface area contributed by atoms with Crippen LogP contribution in [0.3, 0.4) is 0 Å². The molecular formula is C24H19FN4O3S2. The van der Waals surface area contributed by atoms with E-state index in [-0.39, 0.29) is 24.7 Å². The molecule has 172 valence electrons. The number of carbonyl (C=O) groups excluding carboxylic acids is 3. The minimum Gasteiger partial charge on any atom is -0.326 e. The van der Waals surface area contributed by atoms with Crippen molar-refractivity contribution < 1.29 is 18.8 Å². The maximum atomic E-state index is 13.3. The number of nitrogens with one attached hydrogen (secondary N) is 3. The monoisotopic (exact) mass is 494 g/mol. The Morgan fingerprint density at radius 1 is 0.824 bits per heavy atom. The standard InChI is InChI=1S/C24H19FN4O3S2/c25-16-5-2-7-18(11-16)27-23(32)15-4-1-6-17(10-15)26-21(30)12-19-14-34-24(28-19)29-22(31)13-20-8-3-9-33-20/h1-11,14H,12-13H2,(H,26,30)(H,27,32)(H,28,29,31). The molecule has 0 aliphatic carbocycles. The van der Waals surface area contributed by atoms with Gasteiger partial charge in [0.05, 0.1) is 18.5 Å². The van der Waals surface area contributed by atoms with Gasteiger partial charge in [0.15, 0.2) is 5.13 Å². The second-order valence-electron chi connectivity index (χ2n) is 7.22. The highest BCUT2D eigenvalue weighted by Gasteiger charge is 2.12. The molecule has 4 aromatic rings. The molecule has 3 N–H and O–H groups in total. The van der Waals surface area contributed by atoms with Gasteiger partial charge in [0.1, 0.15) is 5.82 Å². The topological polar surface area (TPSA) is 100 Å². The summed E-state index contributed by atoms with van der Waals surface area (Å²) >= 11 is 2.76. The molecule has 3 amide bonds. The molecule has 2 aromatic carbocycles. The summed E-state index contributed by atoms with van der Waals surface area (Å²) in [6, 6.07) is 15.8. The van der Waals surface area contributed by atoms with E-state index in [9.17, 15) is 18.8 Å². The SMILES string of the molecule is O=C(Cc1csc(NC(=O)Cc2cccs2)n1)Nc1cccc(C(=O)Nc2cccc(F)c2)c1. The average molecular weight is 495 g/mol. The van der Waals surface area contributed by atoms with Crippen molar-refractivity contribution in [3.63, 3.8) is 0 Å². The van der Waals surface area contributed by atoms with Gasteiger partial charge in [0, 0.05) is 27.2 Å². The summed E-state index contributed by atoms with van der Waals surface area (Å²) < 4.78 is 13.3. The maximum absolute atomic E-state index is 13.3. The summed E-state index contributed by atoms with van der Waals surface area (Å²) in [4.78, 5) is 42.3. The largest absolute Gasteiger partial charge is 0.326 e. The Kier molecular flexibility index (Phi) is 7.41.